The third kappa shape index (κ3) is 5.81. The van der Waals surface area contributed by atoms with Crippen molar-refractivity contribution in [2.24, 2.45) is 0 Å². The smallest absolute Gasteiger partial charge is 0.0906 e. The third-order valence-electron chi connectivity index (χ3n) is 6.00. The number of hydrogen-bond acceptors (Lipinski definition) is 2. The maximum Gasteiger partial charge on any atom is 0.0906 e. The number of thioether (sulfide) groups is 1. The van der Waals surface area contributed by atoms with Crippen LogP contribution in [0, 0.1) is 20.8 Å². The van der Waals surface area contributed by atoms with Gasteiger partial charge in [0.05, 0.1) is 10.9 Å². The van der Waals surface area contributed by atoms with Gasteiger partial charge in [-0.3, -0.25) is 0 Å². The van der Waals surface area contributed by atoms with Gasteiger partial charge in [0.1, 0.15) is 0 Å². The number of aliphatic hydroxyl groups excluding tert-OH is 1. The second-order valence-electron chi connectivity index (χ2n) is 8.71. The van der Waals surface area contributed by atoms with Crippen LogP contribution in [0.1, 0.15) is 66.0 Å². The van der Waals surface area contributed by atoms with Crippen LogP contribution in [0.4, 0.5) is 0 Å². The lowest BCUT2D eigenvalue weighted by molar-refractivity contribution is 0.153. The van der Waals surface area contributed by atoms with Gasteiger partial charge in [0.25, 0.3) is 0 Å². The molecule has 0 radical (unpaired) electrons. The number of hydrogen-bond donors (Lipinski definition) is 1. The average Bonchev–Trinajstić information content (AvgIpc) is 2.76. The van der Waals surface area contributed by atoms with E-state index < -0.39 is 0 Å². The normalized spacial score (nSPS) is 12.7. The van der Waals surface area contributed by atoms with Crippen molar-refractivity contribution in [1.29, 1.82) is 0 Å². The van der Waals surface area contributed by atoms with Crippen molar-refractivity contribution in [3.05, 3.63) is 106 Å². The summed E-state index contributed by atoms with van der Waals surface area (Å²) in [7, 11) is 0. The summed E-state index contributed by atoms with van der Waals surface area (Å²) in [5, 5.41) is 10.2. The van der Waals surface area contributed by atoms with Crippen molar-refractivity contribution < 1.29 is 5.11 Å². The molecule has 0 aliphatic heterocycles. The van der Waals surface area contributed by atoms with Crippen LogP contribution in [0.3, 0.4) is 0 Å². The van der Waals surface area contributed by atoms with Gasteiger partial charge in [0, 0.05) is 0 Å². The summed E-state index contributed by atoms with van der Waals surface area (Å²) >= 11 is 1.99. The molecule has 31 heavy (non-hydrogen) atoms. The van der Waals surface area contributed by atoms with Crippen LogP contribution in [0.15, 0.2) is 72.8 Å². The van der Waals surface area contributed by atoms with Gasteiger partial charge in [0.2, 0.25) is 0 Å². The van der Waals surface area contributed by atoms with E-state index in [4.69, 9.17) is 0 Å². The van der Waals surface area contributed by atoms with Crippen molar-refractivity contribution >= 4 is 11.8 Å². The summed E-state index contributed by atoms with van der Waals surface area (Å²) in [5.41, 5.74) is 7.76. The minimum Gasteiger partial charge on any atom is -0.393 e. The number of benzene rings is 3. The predicted octanol–water partition coefficient (Wildman–Crippen LogP) is 7.58. The van der Waals surface area contributed by atoms with E-state index >= 15 is 0 Å². The van der Waals surface area contributed by atoms with Crippen molar-refractivity contribution in [2.75, 3.05) is 5.75 Å². The van der Waals surface area contributed by atoms with Crippen LogP contribution in [0.25, 0.3) is 0 Å². The monoisotopic (exact) mass is 432 g/mol. The molecule has 3 aromatic rings. The third-order valence-corrected chi connectivity index (χ3v) is 7.63. The lowest BCUT2D eigenvalue weighted by atomic mass is 9.83. The fraction of sp³-hybridized carbons (Fsp3) is 0.379. The Hall–Kier alpha value is -2.03. The van der Waals surface area contributed by atoms with E-state index in [9.17, 15) is 5.11 Å². The number of aryl methyl sites for hydroxylation is 3. The largest absolute Gasteiger partial charge is 0.393 e. The van der Waals surface area contributed by atoms with Crippen molar-refractivity contribution in [1.82, 2.24) is 0 Å². The number of rotatable bonds is 10. The molecule has 0 bridgehead atoms. The molecular weight excluding hydrogens is 396 g/mol. The molecule has 1 N–H and O–H groups in total. The second kappa shape index (κ2) is 11.0. The van der Waals surface area contributed by atoms with Crippen molar-refractivity contribution in [2.45, 2.75) is 64.2 Å². The summed E-state index contributed by atoms with van der Waals surface area (Å²) in [6.45, 7) is 8.57. The summed E-state index contributed by atoms with van der Waals surface area (Å²) in [5.74, 6) is 0.996. The van der Waals surface area contributed by atoms with E-state index in [1.54, 1.807) is 0 Å². The summed E-state index contributed by atoms with van der Waals surface area (Å²) in [6, 6.07) is 27.0. The van der Waals surface area contributed by atoms with Gasteiger partial charge in [-0.25, -0.2) is 0 Å². The Bertz CT molecular complexity index is 815. The first-order chi connectivity index (χ1) is 15.0. The molecule has 0 amide bonds. The van der Waals surface area contributed by atoms with Crippen LogP contribution in [-0.2, 0) is 4.75 Å². The van der Waals surface area contributed by atoms with Gasteiger partial charge in [-0.2, -0.15) is 0 Å². The van der Waals surface area contributed by atoms with Crippen LogP contribution < -0.4 is 0 Å². The van der Waals surface area contributed by atoms with Gasteiger partial charge in [-0.05, 0) is 62.5 Å². The first kappa shape index (κ1) is 23.6. The Morgan fingerprint density at radius 3 is 1.42 bits per heavy atom. The van der Waals surface area contributed by atoms with E-state index in [0.717, 1.165) is 31.4 Å². The zero-order chi connectivity index (χ0) is 22.3. The zero-order valence-corrected chi connectivity index (χ0v) is 20.2. The highest BCUT2D eigenvalue weighted by atomic mass is 32.2. The molecule has 164 valence electrons. The SMILES string of the molecule is CCCC(O)CCCSC(c1ccc(C)cc1)(c1ccc(C)cc1)c1ccc(C)cc1. The minimum atomic E-state index is -0.273. The van der Waals surface area contributed by atoms with Gasteiger partial charge >= 0.3 is 0 Å². The van der Waals surface area contributed by atoms with Crippen LogP contribution in [0.2, 0.25) is 0 Å². The highest BCUT2D eigenvalue weighted by Crippen LogP contribution is 2.49. The lowest BCUT2D eigenvalue weighted by Gasteiger charge is -2.36. The summed E-state index contributed by atoms with van der Waals surface area (Å²) in [6.07, 6.45) is 3.63. The molecule has 0 saturated heterocycles. The quantitative estimate of drug-likeness (QED) is 0.263. The molecular formula is C29H36OS. The van der Waals surface area contributed by atoms with Crippen LogP contribution >= 0.6 is 11.8 Å². The van der Waals surface area contributed by atoms with Crippen molar-refractivity contribution in [3.63, 3.8) is 0 Å². The fourth-order valence-electron chi connectivity index (χ4n) is 4.14. The van der Waals surface area contributed by atoms with Gasteiger partial charge < -0.3 is 5.11 Å². The Labute approximate surface area is 192 Å². The molecule has 0 aromatic heterocycles. The fourth-order valence-corrected chi connectivity index (χ4v) is 5.66. The van der Waals surface area contributed by atoms with Gasteiger partial charge in [0.15, 0.2) is 0 Å². The van der Waals surface area contributed by atoms with Gasteiger partial charge in [-0.15, -0.1) is 11.8 Å². The van der Waals surface area contributed by atoms with Crippen LogP contribution in [-0.4, -0.2) is 17.0 Å². The van der Waals surface area contributed by atoms with E-state index in [-0.39, 0.29) is 10.9 Å². The maximum atomic E-state index is 10.2. The van der Waals surface area contributed by atoms with E-state index in [1.165, 1.54) is 33.4 Å². The molecule has 0 aliphatic carbocycles. The summed E-state index contributed by atoms with van der Waals surface area (Å²) < 4.78 is -0.273. The van der Waals surface area contributed by atoms with E-state index in [2.05, 4.69) is 100 Å². The molecule has 3 aromatic carbocycles. The molecule has 0 heterocycles. The Morgan fingerprint density at radius 2 is 1.06 bits per heavy atom. The van der Waals surface area contributed by atoms with Crippen molar-refractivity contribution in [3.8, 4) is 0 Å². The highest BCUT2D eigenvalue weighted by molar-refractivity contribution is 8.00. The van der Waals surface area contributed by atoms with Crippen LogP contribution in [0.5, 0.6) is 0 Å². The molecule has 0 saturated carbocycles. The molecule has 1 nitrogen and oxygen atoms in total. The average molecular weight is 433 g/mol. The highest BCUT2D eigenvalue weighted by Gasteiger charge is 2.36. The second-order valence-corrected chi connectivity index (χ2v) is 10.0. The first-order valence-electron chi connectivity index (χ1n) is 11.5. The molecule has 3 rings (SSSR count). The Kier molecular flexibility index (Phi) is 8.40. The molecule has 1 atom stereocenters. The van der Waals surface area contributed by atoms with Gasteiger partial charge in [-0.1, -0.05) is 103 Å². The molecule has 0 fully saturated rings. The summed E-state index contributed by atoms with van der Waals surface area (Å²) in [4.78, 5) is 0. The predicted molar refractivity (Wildman–Crippen MR) is 136 cm³/mol. The first-order valence-corrected chi connectivity index (χ1v) is 12.5. The van der Waals surface area contributed by atoms with E-state index in [1.807, 2.05) is 11.8 Å². The van der Waals surface area contributed by atoms with E-state index in [0.29, 0.717) is 0 Å². The maximum absolute atomic E-state index is 10.2. The molecule has 1 unspecified atom stereocenters. The minimum absolute atomic E-state index is 0.182. The Morgan fingerprint density at radius 1 is 0.677 bits per heavy atom. The number of aliphatic hydroxyl groups is 1. The lowest BCUT2D eigenvalue weighted by Crippen LogP contribution is -2.26. The topological polar surface area (TPSA) is 20.2 Å². The molecule has 0 spiro atoms. The molecule has 2 heteroatoms. The standard InChI is InChI=1S/C29H36OS/c1-5-7-28(30)8-6-21-31-29(25-15-9-22(2)10-16-25,26-17-11-23(3)12-18-26)27-19-13-24(4)14-20-27/h9-20,28,30H,5-8,21H2,1-4H3. The molecule has 0 aliphatic rings. The Balaban J connectivity index is 2.05. The zero-order valence-electron chi connectivity index (χ0n) is 19.4.